The number of carbonyl (C=O) groups excluding carboxylic acids is 4. The van der Waals surface area contributed by atoms with Crippen molar-refractivity contribution in [3.63, 3.8) is 0 Å². The van der Waals surface area contributed by atoms with E-state index in [1.54, 1.807) is 17.3 Å². The van der Waals surface area contributed by atoms with E-state index in [2.05, 4.69) is 54.8 Å². The zero-order valence-corrected chi connectivity index (χ0v) is 30.2. The quantitative estimate of drug-likeness (QED) is 0.155. The van der Waals surface area contributed by atoms with E-state index < -0.39 is 23.8 Å². The van der Waals surface area contributed by atoms with Crippen LogP contribution >= 0.6 is 0 Å². The number of H-pyrrole nitrogens is 2. The van der Waals surface area contributed by atoms with Crippen LogP contribution in [0.3, 0.4) is 0 Å². The number of ether oxygens (including phenoxy) is 2. The van der Waals surface area contributed by atoms with Gasteiger partial charge < -0.3 is 39.9 Å². The van der Waals surface area contributed by atoms with Gasteiger partial charge in [0.1, 0.15) is 29.3 Å². The number of imidazole rings is 2. The van der Waals surface area contributed by atoms with E-state index in [4.69, 9.17) is 9.47 Å². The Morgan fingerprint density at radius 3 is 1.94 bits per heavy atom. The van der Waals surface area contributed by atoms with Crippen LogP contribution in [0.1, 0.15) is 63.3 Å². The summed E-state index contributed by atoms with van der Waals surface area (Å²) in [6.07, 6.45) is 9.07. The molecule has 0 spiro atoms. The molecule has 1 saturated heterocycles. The van der Waals surface area contributed by atoms with E-state index in [1.807, 2.05) is 55.2 Å². The van der Waals surface area contributed by atoms with Crippen molar-refractivity contribution in [1.82, 2.24) is 40.4 Å². The van der Waals surface area contributed by atoms with Gasteiger partial charge >= 0.3 is 12.2 Å². The van der Waals surface area contributed by atoms with Gasteiger partial charge in [-0.05, 0) is 53.9 Å². The third kappa shape index (κ3) is 7.13. The van der Waals surface area contributed by atoms with Gasteiger partial charge in [0.15, 0.2) is 0 Å². The van der Waals surface area contributed by atoms with Crippen molar-refractivity contribution in [2.75, 3.05) is 27.3 Å². The summed E-state index contributed by atoms with van der Waals surface area (Å²) in [5, 5.41) is 5.40. The molecule has 4 aromatic rings. The van der Waals surface area contributed by atoms with E-state index >= 15 is 0 Å². The topological polar surface area (TPSA) is 175 Å². The van der Waals surface area contributed by atoms with Crippen LogP contribution < -0.4 is 10.6 Å². The Morgan fingerprint density at radius 1 is 0.811 bits per heavy atom. The fraction of sp³-hybridized carbons (Fsp3) is 0.385. The highest BCUT2D eigenvalue weighted by Gasteiger charge is 2.55. The molecule has 14 nitrogen and oxygen atoms in total. The summed E-state index contributed by atoms with van der Waals surface area (Å²) in [4.78, 5) is 70.3. The number of benzene rings is 2. The predicted octanol–water partition coefficient (Wildman–Crippen LogP) is 5.51. The summed E-state index contributed by atoms with van der Waals surface area (Å²) in [6, 6.07) is 15.1. The van der Waals surface area contributed by atoms with E-state index in [0.717, 1.165) is 52.3 Å². The van der Waals surface area contributed by atoms with Crippen molar-refractivity contribution >= 4 is 24.0 Å². The van der Waals surface area contributed by atoms with Gasteiger partial charge in [0, 0.05) is 13.1 Å². The Kier molecular flexibility index (Phi) is 9.78. The molecule has 276 valence electrons. The number of methoxy groups -OCH3 is 2. The van der Waals surface area contributed by atoms with E-state index in [1.165, 1.54) is 14.2 Å². The lowest BCUT2D eigenvalue weighted by atomic mass is 10.0. The summed E-state index contributed by atoms with van der Waals surface area (Å²) in [7, 11) is 2.58. The minimum absolute atomic E-state index is 0.0811. The lowest BCUT2D eigenvalue weighted by Gasteiger charge is -2.29. The third-order valence-corrected chi connectivity index (χ3v) is 10.3. The van der Waals surface area contributed by atoms with Crippen LogP contribution in [-0.2, 0) is 19.1 Å². The molecule has 2 aromatic carbocycles. The maximum atomic E-state index is 13.5. The zero-order chi connectivity index (χ0) is 37.3. The van der Waals surface area contributed by atoms with Gasteiger partial charge in [0.25, 0.3) is 0 Å². The van der Waals surface area contributed by atoms with Gasteiger partial charge in [-0.1, -0.05) is 74.5 Å². The average Bonchev–Trinajstić information content (AvgIpc) is 3.75. The van der Waals surface area contributed by atoms with Crippen LogP contribution in [0.2, 0.25) is 0 Å². The fourth-order valence-corrected chi connectivity index (χ4v) is 7.17. The minimum Gasteiger partial charge on any atom is -0.453 e. The molecule has 4 N–H and O–H groups in total. The Balaban J connectivity index is 0.999. The number of alkyl carbamates (subject to hydrolysis) is 2. The van der Waals surface area contributed by atoms with Crippen molar-refractivity contribution in [2.24, 2.45) is 5.92 Å². The number of rotatable bonds is 10. The maximum Gasteiger partial charge on any atom is 0.407 e. The lowest BCUT2D eigenvalue weighted by molar-refractivity contribution is -0.136. The van der Waals surface area contributed by atoms with Crippen molar-refractivity contribution in [3.05, 3.63) is 84.7 Å². The van der Waals surface area contributed by atoms with Gasteiger partial charge in [-0.2, -0.15) is 0 Å². The number of hydrogen-bond acceptors (Lipinski definition) is 8. The summed E-state index contributed by atoms with van der Waals surface area (Å²) in [5.41, 5.74) is 4.85. The SMILES string of the molecule is COC(=O)N[C@H](C(=O)N1CC=CC1c1ncc(-c2ccc(-c3ccc(-c4cnc(C5CCCN5C(=O)C5(NC(=O)OC)CC5)[nH]4)cc3)cc2)[nH]1)C(C)C. The number of carbonyl (C=O) groups is 4. The van der Waals surface area contributed by atoms with E-state index in [0.29, 0.717) is 31.8 Å². The molecule has 14 heteroatoms. The molecule has 2 aliphatic heterocycles. The Morgan fingerprint density at radius 2 is 1.38 bits per heavy atom. The largest absolute Gasteiger partial charge is 0.453 e. The first-order chi connectivity index (χ1) is 25.6. The summed E-state index contributed by atoms with van der Waals surface area (Å²) >= 11 is 0. The smallest absolute Gasteiger partial charge is 0.407 e. The Hall–Kier alpha value is -5.92. The maximum absolute atomic E-state index is 13.5. The normalized spacial score (nSPS) is 19.3. The minimum atomic E-state index is -0.874. The molecule has 2 fully saturated rings. The molecule has 0 bridgehead atoms. The number of aromatic nitrogens is 4. The highest BCUT2D eigenvalue weighted by Crippen LogP contribution is 2.42. The van der Waals surface area contributed by atoms with Crippen molar-refractivity contribution < 1.29 is 28.7 Å². The molecule has 1 saturated carbocycles. The molecule has 3 aliphatic rings. The molecule has 3 atom stereocenters. The summed E-state index contributed by atoms with van der Waals surface area (Å²) in [5.74, 6) is 0.961. The van der Waals surface area contributed by atoms with Crippen LogP contribution in [0.4, 0.5) is 9.59 Å². The number of hydrogen-bond donors (Lipinski definition) is 4. The van der Waals surface area contributed by atoms with E-state index in [-0.39, 0.29) is 29.8 Å². The predicted molar refractivity (Wildman–Crippen MR) is 196 cm³/mol. The van der Waals surface area contributed by atoms with Gasteiger partial charge in [0.2, 0.25) is 11.8 Å². The molecule has 4 heterocycles. The second-order valence-electron chi connectivity index (χ2n) is 14.1. The Labute approximate surface area is 307 Å². The van der Waals surface area contributed by atoms with Crippen molar-refractivity contribution in [3.8, 4) is 33.6 Å². The van der Waals surface area contributed by atoms with Gasteiger partial charge in [0.05, 0.1) is 44.0 Å². The number of nitrogens with one attached hydrogen (secondary N) is 4. The number of likely N-dealkylation sites (tertiary alicyclic amines) is 1. The van der Waals surface area contributed by atoms with Gasteiger partial charge in [-0.3, -0.25) is 9.59 Å². The molecular weight excluding hydrogens is 676 g/mol. The number of nitrogens with zero attached hydrogens (tertiary/aromatic N) is 4. The molecule has 2 unspecified atom stereocenters. The van der Waals surface area contributed by atoms with Crippen molar-refractivity contribution in [2.45, 2.75) is 63.2 Å². The monoisotopic (exact) mass is 720 g/mol. The highest BCUT2D eigenvalue weighted by molar-refractivity contribution is 5.93. The molecule has 1 aliphatic carbocycles. The van der Waals surface area contributed by atoms with Gasteiger partial charge in [-0.15, -0.1) is 0 Å². The van der Waals surface area contributed by atoms with E-state index in [9.17, 15) is 19.2 Å². The number of amides is 4. The fourth-order valence-electron chi connectivity index (χ4n) is 7.17. The molecule has 7 rings (SSSR count). The van der Waals surface area contributed by atoms with Gasteiger partial charge in [-0.25, -0.2) is 19.6 Å². The zero-order valence-electron chi connectivity index (χ0n) is 30.2. The lowest BCUT2D eigenvalue weighted by Crippen LogP contribution is -2.51. The molecule has 2 aromatic heterocycles. The second-order valence-corrected chi connectivity index (χ2v) is 14.1. The van der Waals surface area contributed by atoms with Crippen LogP contribution in [0, 0.1) is 5.92 Å². The Bertz CT molecular complexity index is 2010. The van der Waals surface area contributed by atoms with Crippen LogP contribution in [0.25, 0.3) is 33.6 Å². The number of aromatic amines is 2. The standard InChI is InChI=1S/C39H44N8O6/c1-23(2)32(44-37(50)52-3)35(48)46-19-5-7-30(46)33-40-21-28(42-33)26-13-9-24(10-14-26)25-11-15-27(16-12-25)29-22-41-34(43-29)31-8-6-20-47(31)36(49)39(17-18-39)45-38(51)53-4/h5,7,9-16,21-23,30-32H,6,8,17-20H2,1-4H3,(H,40,42)(H,41,43)(H,44,50)(H,45,51)/t30?,31?,32-/m0/s1. The average molecular weight is 721 g/mol. The first kappa shape index (κ1) is 35.5. The molecular formula is C39H44N8O6. The summed E-state index contributed by atoms with van der Waals surface area (Å²) in [6.45, 7) is 4.79. The highest BCUT2D eigenvalue weighted by atomic mass is 16.5. The van der Waals surface area contributed by atoms with Crippen LogP contribution in [-0.4, -0.2) is 92.6 Å². The summed E-state index contributed by atoms with van der Waals surface area (Å²) < 4.78 is 9.48. The third-order valence-electron chi connectivity index (χ3n) is 10.3. The molecule has 53 heavy (non-hydrogen) atoms. The second kappa shape index (κ2) is 14.6. The first-order valence-electron chi connectivity index (χ1n) is 17.9. The molecule has 4 amide bonds. The van der Waals surface area contributed by atoms with Crippen molar-refractivity contribution in [1.29, 1.82) is 0 Å². The molecule has 0 radical (unpaired) electrons. The first-order valence-corrected chi connectivity index (χ1v) is 17.9. The van der Waals surface area contributed by atoms with Crippen LogP contribution in [0.5, 0.6) is 0 Å². The van der Waals surface area contributed by atoms with Crippen LogP contribution in [0.15, 0.2) is 73.1 Å².